The molecule has 0 heterocycles. The van der Waals surface area contributed by atoms with Crippen LogP contribution in [0.1, 0.15) is 24.2 Å². The van der Waals surface area contributed by atoms with Gasteiger partial charge < -0.3 is 10.1 Å². The number of sulfonamides is 1. The van der Waals surface area contributed by atoms with Crippen molar-refractivity contribution in [2.24, 2.45) is 0 Å². The third-order valence-corrected chi connectivity index (χ3v) is 6.54. The van der Waals surface area contributed by atoms with Gasteiger partial charge in [-0.25, -0.2) is 8.42 Å². The Hall–Kier alpha value is -2.23. The van der Waals surface area contributed by atoms with Crippen molar-refractivity contribution in [2.45, 2.75) is 24.8 Å². The maximum absolute atomic E-state index is 12.4. The molecule has 0 unspecified atom stereocenters. The van der Waals surface area contributed by atoms with Crippen LogP contribution in [0.4, 0.5) is 5.69 Å². The molecule has 0 saturated heterocycles. The second-order valence-electron chi connectivity index (χ2n) is 6.28. The van der Waals surface area contributed by atoms with E-state index in [0.717, 1.165) is 4.47 Å². The van der Waals surface area contributed by atoms with E-state index in [-0.39, 0.29) is 17.5 Å². The van der Waals surface area contributed by atoms with Crippen molar-refractivity contribution in [1.29, 1.82) is 0 Å². The number of benzene rings is 2. The van der Waals surface area contributed by atoms with E-state index >= 15 is 0 Å². The number of carbonyl (C=O) groups is 2. The quantitative estimate of drug-likeness (QED) is 0.599. The molecule has 2 aromatic rings. The minimum Gasteiger partial charge on any atom is -0.483 e. The first kappa shape index (κ1) is 22.1. The second-order valence-corrected chi connectivity index (χ2v) is 9.19. The van der Waals surface area contributed by atoms with Gasteiger partial charge in [-0.2, -0.15) is 4.31 Å². The number of ether oxygens (including phenoxy) is 1. The maximum Gasteiger partial charge on any atom is 0.262 e. The number of halogens is 1. The zero-order chi connectivity index (χ0) is 20.9. The number of hydrogen-bond donors (Lipinski definition) is 1. The second kappa shape index (κ2) is 9.31. The van der Waals surface area contributed by atoms with Crippen LogP contribution in [0.2, 0.25) is 0 Å². The molecule has 0 spiro atoms. The Morgan fingerprint density at radius 2 is 1.86 bits per heavy atom. The molecule has 0 radical (unpaired) electrons. The lowest BCUT2D eigenvalue weighted by Crippen LogP contribution is -2.33. The number of anilines is 1. The zero-order valence-corrected chi connectivity index (χ0v) is 18.1. The summed E-state index contributed by atoms with van der Waals surface area (Å²) in [5.74, 6) is -0.138. The smallest absolute Gasteiger partial charge is 0.262 e. The van der Waals surface area contributed by atoms with E-state index in [1.165, 1.54) is 35.6 Å². The van der Waals surface area contributed by atoms with Gasteiger partial charge in [0.05, 0.1) is 10.5 Å². The Balaban J connectivity index is 2.01. The Morgan fingerprint density at radius 3 is 2.43 bits per heavy atom. The summed E-state index contributed by atoms with van der Waals surface area (Å²) in [7, 11) is -2.07. The van der Waals surface area contributed by atoms with Crippen molar-refractivity contribution in [1.82, 2.24) is 4.31 Å². The van der Waals surface area contributed by atoms with Crippen LogP contribution in [0.15, 0.2) is 51.8 Å². The predicted octanol–water partition coefficient (Wildman–Crippen LogP) is 3.31. The highest BCUT2D eigenvalue weighted by molar-refractivity contribution is 9.10. The average molecular weight is 469 g/mol. The standard InChI is InChI=1S/C19H21BrN2O5S/c1-13(2)22(3)28(25,26)17-7-5-16(6-8-17)21-19(24)12-27-18-9-4-15(20)10-14(18)11-23/h4-11,13H,12H2,1-3H3,(H,21,24). The average Bonchev–Trinajstić information content (AvgIpc) is 2.66. The van der Waals surface area contributed by atoms with Crippen molar-refractivity contribution in [3.63, 3.8) is 0 Å². The lowest BCUT2D eigenvalue weighted by atomic mass is 10.2. The summed E-state index contributed by atoms with van der Waals surface area (Å²) < 4.78 is 32.3. The van der Waals surface area contributed by atoms with Crippen LogP contribution in [-0.2, 0) is 14.8 Å². The summed E-state index contributed by atoms with van der Waals surface area (Å²) in [4.78, 5) is 23.3. The number of nitrogens with one attached hydrogen (secondary N) is 1. The van der Waals surface area contributed by atoms with Crippen LogP contribution < -0.4 is 10.1 Å². The van der Waals surface area contributed by atoms with Crippen molar-refractivity contribution < 1.29 is 22.7 Å². The molecule has 0 atom stereocenters. The highest BCUT2D eigenvalue weighted by atomic mass is 79.9. The molecule has 0 saturated carbocycles. The first-order valence-corrected chi connectivity index (χ1v) is 10.6. The first-order valence-electron chi connectivity index (χ1n) is 8.40. The lowest BCUT2D eigenvalue weighted by Gasteiger charge is -2.21. The van der Waals surface area contributed by atoms with Gasteiger partial charge in [0.15, 0.2) is 12.9 Å². The summed E-state index contributed by atoms with van der Waals surface area (Å²) in [6.07, 6.45) is 0.644. The van der Waals surface area contributed by atoms with E-state index in [1.54, 1.807) is 32.0 Å². The van der Waals surface area contributed by atoms with Crippen molar-refractivity contribution >= 4 is 43.8 Å². The van der Waals surface area contributed by atoms with E-state index < -0.39 is 15.9 Å². The number of amides is 1. The monoisotopic (exact) mass is 468 g/mol. The summed E-state index contributed by atoms with van der Waals surface area (Å²) in [6.45, 7) is 3.28. The molecule has 7 nitrogen and oxygen atoms in total. The Kier molecular flexibility index (Phi) is 7.34. The van der Waals surface area contributed by atoms with Gasteiger partial charge in [-0.15, -0.1) is 0 Å². The Morgan fingerprint density at radius 1 is 1.21 bits per heavy atom. The zero-order valence-electron chi connectivity index (χ0n) is 15.7. The Labute approximate surface area is 172 Å². The molecule has 28 heavy (non-hydrogen) atoms. The molecule has 0 aromatic heterocycles. The van der Waals surface area contributed by atoms with Gasteiger partial charge in [0.2, 0.25) is 10.0 Å². The van der Waals surface area contributed by atoms with Crippen LogP contribution in [-0.4, -0.2) is 44.6 Å². The summed E-state index contributed by atoms with van der Waals surface area (Å²) in [6, 6.07) is 10.6. The van der Waals surface area contributed by atoms with Crippen LogP contribution in [0.3, 0.4) is 0 Å². The molecule has 9 heteroatoms. The molecule has 0 aliphatic heterocycles. The number of carbonyl (C=O) groups excluding carboxylic acids is 2. The van der Waals surface area contributed by atoms with Crippen LogP contribution in [0.5, 0.6) is 5.75 Å². The molecule has 150 valence electrons. The molecular weight excluding hydrogens is 448 g/mol. The number of rotatable bonds is 8. The van der Waals surface area contributed by atoms with Gasteiger partial charge in [-0.1, -0.05) is 15.9 Å². The third kappa shape index (κ3) is 5.40. The molecule has 1 N–H and O–H groups in total. The number of hydrogen-bond acceptors (Lipinski definition) is 5. The highest BCUT2D eigenvalue weighted by Gasteiger charge is 2.22. The van der Waals surface area contributed by atoms with Crippen LogP contribution in [0.25, 0.3) is 0 Å². The molecule has 2 aromatic carbocycles. The summed E-state index contributed by atoms with van der Waals surface area (Å²) in [5, 5.41) is 2.62. The fraction of sp³-hybridized carbons (Fsp3) is 0.263. The predicted molar refractivity (Wildman–Crippen MR) is 110 cm³/mol. The SMILES string of the molecule is CC(C)N(C)S(=O)(=O)c1ccc(NC(=O)COc2ccc(Br)cc2C=O)cc1. The normalized spacial score (nSPS) is 11.5. The fourth-order valence-electron chi connectivity index (χ4n) is 2.24. The largest absolute Gasteiger partial charge is 0.483 e. The van der Waals surface area contributed by atoms with Crippen molar-refractivity contribution in [2.75, 3.05) is 19.0 Å². The molecular formula is C19H21BrN2O5S. The molecule has 0 bridgehead atoms. The maximum atomic E-state index is 12.4. The minimum atomic E-state index is -3.58. The van der Waals surface area contributed by atoms with E-state index in [9.17, 15) is 18.0 Å². The van der Waals surface area contributed by atoms with Gasteiger partial charge in [-0.05, 0) is 56.3 Å². The van der Waals surface area contributed by atoms with Crippen molar-refractivity contribution in [3.05, 3.63) is 52.5 Å². The molecule has 0 aliphatic rings. The van der Waals surface area contributed by atoms with Crippen LogP contribution >= 0.6 is 15.9 Å². The van der Waals surface area contributed by atoms with E-state index in [2.05, 4.69) is 21.2 Å². The topological polar surface area (TPSA) is 92.8 Å². The van der Waals surface area contributed by atoms with E-state index in [4.69, 9.17) is 4.74 Å². The van der Waals surface area contributed by atoms with E-state index in [1.807, 2.05) is 0 Å². The van der Waals surface area contributed by atoms with Gasteiger partial charge in [0.25, 0.3) is 5.91 Å². The number of nitrogens with zero attached hydrogens (tertiary/aromatic N) is 1. The fourth-order valence-corrected chi connectivity index (χ4v) is 3.98. The highest BCUT2D eigenvalue weighted by Crippen LogP contribution is 2.22. The van der Waals surface area contributed by atoms with Gasteiger partial charge in [0.1, 0.15) is 5.75 Å². The van der Waals surface area contributed by atoms with Gasteiger partial charge >= 0.3 is 0 Å². The summed E-state index contributed by atoms with van der Waals surface area (Å²) >= 11 is 3.26. The molecule has 0 fully saturated rings. The molecule has 0 aliphatic carbocycles. The minimum absolute atomic E-state index is 0.142. The van der Waals surface area contributed by atoms with Crippen LogP contribution in [0, 0.1) is 0 Å². The lowest BCUT2D eigenvalue weighted by molar-refractivity contribution is -0.118. The number of aldehydes is 1. The van der Waals surface area contributed by atoms with E-state index in [0.29, 0.717) is 23.3 Å². The Bertz CT molecular complexity index is 959. The molecule has 2 rings (SSSR count). The van der Waals surface area contributed by atoms with Crippen molar-refractivity contribution in [3.8, 4) is 5.75 Å². The van der Waals surface area contributed by atoms with Gasteiger partial charge in [0, 0.05) is 23.2 Å². The third-order valence-electron chi connectivity index (χ3n) is 4.00. The summed E-state index contributed by atoms with van der Waals surface area (Å²) in [5.41, 5.74) is 0.761. The first-order chi connectivity index (χ1) is 13.1. The molecule has 1 amide bonds. The van der Waals surface area contributed by atoms with Gasteiger partial charge in [-0.3, -0.25) is 9.59 Å².